The lowest BCUT2D eigenvalue weighted by Crippen LogP contribution is -2.01. The van der Waals surface area contributed by atoms with Crippen molar-refractivity contribution >= 4 is 34.1 Å². The monoisotopic (exact) mass is 334 g/mol. The van der Waals surface area contributed by atoms with Crippen LogP contribution in [0.3, 0.4) is 0 Å². The summed E-state index contributed by atoms with van der Waals surface area (Å²) in [5.41, 5.74) is 2.67. The van der Waals surface area contributed by atoms with E-state index in [1.54, 1.807) is 18.3 Å². The molecule has 1 N–H and O–H groups in total. The molecule has 0 saturated heterocycles. The molecule has 1 aromatic carbocycles. The minimum absolute atomic E-state index is 0.104. The molecule has 0 saturated carbocycles. The molecule has 0 radical (unpaired) electrons. The van der Waals surface area contributed by atoms with Crippen LogP contribution in [0.4, 0.5) is 17.1 Å². The molecule has 0 fully saturated rings. The maximum atomic E-state index is 11.0. The van der Waals surface area contributed by atoms with Crippen molar-refractivity contribution in [3.8, 4) is 0 Å². The minimum Gasteiger partial charge on any atom is -0.271 e. The van der Waals surface area contributed by atoms with Crippen LogP contribution >= 0.6 is 11.3 Å². The number of hydrogen-bond donors (Lipinski definition) is 1. The molecule has 0 aliphatic heterocycles. The maximum absolute atomic E-state index is 11.0. The molecule has 0 aliphatic rings. The average Bonchev–Trinajstić information content (AvgIpc) is 3.01. The van der Waals surface area contributed by atoms with E-state index in [9.17, 15) is 20.2 Å². The summed E-state index contributed by atoms with van der Waals surface area (Å²) in [4.78, 5) is 22.6. The van der Waals surface area contributed by atoms with Crippen molar-refractivity contribution in [3.05, 3.63) is 60.3 Å². The van der Waals surface area contributed by atoms with Gasteiger partial charge in [0.05, 0.1) is 26.5 Å². The van der Waals surface area contributed by atoms with Gasteiger partial charge in [-0.05, 0) is 31.5 Å². The third-order valence-electron chi connectivity index (χ3n) is 3.10. The number of rotatable bonds is 6. The molecule has 23 heavy (non-hydrogen) atoms. The molecule has 0 bridgehead atoms. The molecule has 0 aliphatic carbocycles. The van der Waals surface area contributed by atoms with E-state index in [0.717, 1.165) is 17.4 Å². The third-order valence-corrected chi connectivity index (χ3v) is 4.44. The number of nitro benzene ring substituents is 2. The first-order valence-corrected chi connectivity index (χ1v) is 7.56. The second-order valence-corrected chi connectivity index (χ2v) is 5.81. The normalized spacial score (nSPS) is 11.3. The second kappa shape index (κ2) is 6.97. The van der Waals surface area contributed by atoms with Gasteiger partial charge in [-0.3, -0.25) is 25.7 Å². The van der Waals surface area contributed by atoms with Crippen molar-refractivity contribution in [2.24, 2.45) is 5.10 Å². The van der Waals surface area contributed by atoms with Gasteiger partial charge < -0.3 is 0 Å². The van der Waals surface area contributed by atoms with Crippen molar-refractivity contribution in [2.45, 2.75) is 20.3 Å². The Balaban J connectivity index is 2.26. The van der Waals surface area contributed by atoms with Gasteiger partial charge >= 0.3 is 5.69 Å². The molecule has 1 heterocycles. The van der Waals surface area contributed by atoms with Crippen molar-refractivity contribution in [3.63, 3.8) is 0 Å². The predicted molar refractivity (Wildman–Crippen MR) is 89.3 cm³/mol. The Bertz CT molecular complexity index is 785. The van der Waals surface area contributed by atoms with Crippen LogP contribution < -0.4 is 5.43 Å². The Morgan fingerprint density at radius 3 is 2.52 bits per heavy atom. The van der Waals surface area contributed by atoms with Crippen LogP contribution in [0.1, 0.15) is 23.6 Å². The molecule has 0 spiro atoms. The predicted octanol–water partition coefficient (Wildman–Crippen LogP) is 3.96. The van der Waals surface area contributed by atoms with E-state index in [2.05, 4.69) is 17.5 Å². The van der Waals surface area contributed by atoms with Crippen LogP contribution in [-0.2, 0) is 6.42 Å². The average molecular weight is 334 g/mol. The van der Waals surface area contributed by atoms with Gasteiger partial charge in [-0.15, -0.1) is 11.3 Å². The highest BCUT2D eigenvalue weighted by molar-refractivity contribution is 7.14. The Labute approximate surface area is 135 Å². The minimum atomic E-state index is -0.680. The highest BCUT2D eigenvalue weighted by Crippen LogP contribution is 2.29. The molecule has 0 amide bonds. The number of nitrogens with zero attached hydrogens (tertiary/aromatic N) is 3. The molecule has 9 heteroatoms. The zero-order valence-electron chi connectivity index (χ0n) is 12.5. The summed E-state index contributed by atoms with van der Waals surface area (Å²) in [6.07, 6.45) is 0.930. The summed E-state index contributed by atoms with van der Waals surface area (Å²) >= 11 is 1.60. The molecular weight excluding hydrogens is 320 g/mol. The third kappa shape index (κ3) is 3.89. The van der Waals surface area contributed by atoms with Gasteiger partial charge in [-0.25, -0.2) is 0 Å². The quantitative estimate of drug-likeness (QED) is 0.488. The van der Waals surface area contributed by atoms with E-state index in [-0.39, 0.29) is 11.4 Å². The molecule has 0 unspecified atom stereocenters. The summed E-state index contributed by atoms with van der Waals surface area (Å²) in [5.74, 6) is 0. The Morgan fingerprint density at radius 2 is 1.96 bits per heavy atom. The molecular formula is C14H14N4O4S. The Kier molecular flexibility index (Phi) is 5.02. The highest BCUT2D eigenvalue weighted by Gasteiger charge is 2.19. The van der Waals surface area contributed by atoms with Crippen molar-refractivity contribution in [1.29, 1.82) is 0 Å². The fourth-order valence-electron chi connectivity index (χ4n) is 1.84. The van der Waals surface area contributed by atoms with Crippen molar-refractivity contribution in [2.75, 3.05) is 5.43 Å². The lowest BCUT2D eigenvalue weighted by atomic mass is 10.2. The number of non-ortho nitro benzene ring substituents is 1. The fourth-order valence-corrected chi connectivity index (χ4v) is 2.73. The molecule has 8 nitrogen and oxygen atoms in total. The summed E-state index contributed by atoms with van der Waals surface area (Å²) in [6.45, 7) is 3.84. The first-order valence-electron chi connectivity index (χ1n) is 6.74. The van der Waals surface area contributed by atoms with Crippen LogP contribution in [0.25, 0.3) is 0 Å². The fraction of sp³-hybridized carbons (Fsp3) is 0.214. The van der Waals surface area contributed by atoms with Crippen LogP contribution in [0.2, 0.25) is 0 Å². The lowest BCUT2D eigenvalue weighted by molar-refractivity contribution is -0.393. The molecule has 2 aromatic rings. The molecule has 0 atom stereocenters. The number of thiophene rings is 1. The first kappa shape index (κ1) is 16.6. The number of anilines is 1. The van der Waals surface area contributed by atoms with E-state index >= 15 is 0 Å². The summed E-state index contributed by atoms with van der Waals surface area (Å²) in [6, 6.07) is 7.33. The Hall–Kier alpha value is -2.81. The van der Waals surface area contributed by atoms with Crippen molar-refractivity contribution < 1.29 is 9.85 Å². The summed E-state index contributed by atoms with van der Waals surface area (Å²) in [7, 11) is 0. The zero-order chi connectivity index (χ0) is 17.0. The largest absolute Gasteiger partial charge is 0.301 e. The van der Waals surface area contributed by atoms with Gasteiger partial charge in [0.25, 0.3) is 5.69 Å². The first-order chi connectivity index (χ1) is 10.9. The number of hydrogen-bond acceptors (Lipinski definition) is 7. The van der Waals surface area contributed by atoms with Gasteiger partial charge in [0.2, 0.25) is 0 Å². The number of nitrogens with one attached hydrogen (secondary N) is 1. The standard InChI is InChI=1S/C14H14N4O4S/c1-3-11-5-7-14(23-11)9(2)15-16-12-6-4-10(17(19)20)8-13(12)18(21)22/h4-8,16H,3H2,1-2H3. The van der Waals surface area contributed by atoms with Crippen LogP contribution in [0.5, 0.6) is 0 Å². The molecule has 1 aromatic heterocycles. The molecule has 2 rings (SSSR count). The maximum Gasteiger partial charge on any atom is 0.301 e. The smallest absolute Gasteiger partial charge is 0.271 e. The van der Waals surface area contributed by atoms with Gasteiger partial charge in [0.15, 0.2) is 0 Å². The van der Waals surface area contributed by atoms with Gasteiger partial charge in [-0.1, -0.05) is 6.92 Å². The highest BCUT2D eigenvalue weighted by atomic mass is 32.1. The summed E-state index contributed by atoms with van der Waals surface area (Å²) < 4.78 is 0. The van der Waals surface area contributed by atoms with E-state index in [1.807, 2.05) is 12.1 Å². The zero-order valence-corrected chi connectivity index (χ0v) is 13.3. The number of benzene rings is 1. The van der Waals surface area contributed by atoms with Gasteiger partial charge in [-0.2, -0.15) is 5.10 Å². The Morgan fingerprint density at radius 1 is 1.22 bits per heavy atom. The molecule has 120 valence electrons. The van der Waals surface area contributed by atoms with Gasteiger partial charge in [0.1, 0.15) is 5.69 Å². The lowest BCUT2D eigenvalue weighted by Gasteiger charge is -2.03. The van der Waals surface area contributed by atoms with E-state index in [0.29, 0.717) is 5.71 Å². The summed E-state index contributed by atoms with van der Waals surface area (Å²) in [5, 5.41) is 25.9. The van der Waals surface area contributed by atoms with Crippen LogP contribution in [-0.4, -0.2) is 15.6 Å². The number of aryl methyl sites for hydroxylation is 1. The topological polar surface area (TPSA) is 111 Å². The van der Waals surface area contributed by atoms with Crippen molar-refractivity contribution in [1.82, 2.24) is 0 Å². The van der Waals surface area contributed by atoms with Crippen LogP contribution in [0.15, 0.2) is 35.4 Å². The van der Waals surface area contributed by atoms with Gasteiger partial charge in [0, 0.05) is 10.9 Å². The van der Waals surface area contributed by atoms with E-state index in [4.69, 9.17) is 0 Å². The second-order valence-electron chi connectivity index (χ2n) is 4.64. The van der Waals surface area contributed by atoms with E-state index < -0.39 is 15.5 Å². The number of nitro groups is 2. The SMILES string of the molecule is CCc1ccc(C(C)=NNc2ccc([N+](=O)[O-])cc2[N+](=O)[O-])s1. The number of hydrazone groups is 1. The van der Waals surface area contributed by atoms with Crippen LogP contribution in [0, 0.1) is 20.2 Å². The van der Waals surface area contributed by atoms with E-state index in [1.165, 1.54) is 17.0 Å².